The summed E-state index contributed by atoms with van der Waals surface area (Å²) >= 11 is 1.04. The Bertz CT molecular complexity index is 450. The van der Waals surface area contributed by atoms with Gasteiger partial charge in [-0.3, -0.25) is 0 Å². The van der Waals surface area contributed by atoms with Crippen molar-refractivity contribution in [3.63, 3.8) is 0 Å². The fraction of sp³-hybridized carbons (Fsp3) is 0.545. The highest BCUT2D eigenvalue weighted by Gasteiger charge is 2.20. The summed E-state index contributed by atoms with van der Waals surface area (Å²) in [5.74, 6) is -1.02. The van der Waals surface area contributed by atoms with Gasteiger partial charge >= 0.3 is 12.1 Å². The van der Waals surface area contributed by atoms with E-state index in [4.69, 9.17) is 9.84 Å². The zero-order chi connectivity index (χ0) is 13.9. The largest absolute Gasteiger partial charge is 0.477 e. The van der Waals surface area contributed by atoms with Crippen LogP contribution in [0.25, 0.3) is 0 Å². The van der Waals surface area contributed by atoms with Crippen molar-refractivity contribution >= 4 is 23.4 Å². The molecule has 0 saturated carbocycles. The maximum absolute atomic E-state index is 11.7. The Hall–Kier alpha value is -1.63. The van der Waals surface area contributed by atoms with Gasteiger partial charge in [0.1, 0.15) is 15.5 Å². The molecule has 100 valence electrons. The first-order valence-corrected chi connectivity index (χ1v) is 6.13. The van der Waals surface area contributed by atoms with Gasteiger partial charge in [0.2, 0.25) is 0 Å². The van der Waals surface area contributed by atoms with Crippen LogP contribution < -0.4 is 0 Å². The molecule has 0 bridgehead atoms. The van der Waals surface area contributed by atoms with E-state index in [0.29, 0.717) is 5.01 Å². The van der Waals surface area contributed by atoms with Crippen LogP contribution in [-0.4, -0.2) is 39.7 Å². The molecule has 6 nitrogen and oxygen atoms in total. The molecule has 1 aromatic rings. The van der Waals surface area contributed by atoms with E-state index in [2.05, 4.69) is 4.98 Å². The molecule has 0 aliphatic rings. The number of hydrogen-bond donors (Lipinski definition) is 1. The maximum atomic E-state index is 11.7. The highest BCUT2D eigenvalue weighted by Crippen LogP contribution is 2.16. The summed E-state index contributed by atoms with van der Waals surface area (Å²) < 4.78 is 5.17. The Morgan fingerprint density at radius 3 is 2.56 bits per heavy atom. The first-order valence-electron chi connectivity index (χ1n) is 5.31. The number of carbonyl (C=O) groups is 2. The maximum Gasteiger partial charge on any atom is 0.410 e. The lowest BCUT2D eigenvalue weighted by Gasteiger charge is -2.24. The molecule has 0 atom stereocenters. The van der Waals surface area contributed by atoms with Crippen LogP contribution in [0.5, 0.6) is 0 Å². The number of hydrogen-bond acceptors (Lipinski definition) is 5. The third kappa shape index (κ3) is 4.33. The molecule has 1 N–H and O–H groups in total. The van der Waals surface area contributed by atoms with E-state index in [9.17, 15) is 9.59 Å². The molecule has 0 saturated heterocycles. The number of carboxylic acids is 1. The molecule has 0 aliphatic carbocycles. The van der Waals surface area contributed by atoms with E-state index in [1.807, 2.05) is 0 Å². The quantitative estimate of drug-likeness (QED) is 0.912. The molecule has 0 unspecified atom stereocenters. The SMILES string of the molecule is CN(Cc1ncc(C(=O)O)s1)C(=O)OC(C)(C)C. The number of nitrogens with zero attached hydrogens (tertiary/aromatic N) is 2. The Morgan fingerprint density at radius 2 is 2.11 bits per heavy atom. The zero-order valence-corrected chi connectivity index (χ0v) is 11.6. The van der Waals surface area contributed by atoms with Crippen molar-refractivity contribution in [1.29, 1.82) is 0 Å². The number of thiazole rings is 1. The number of carbonyl (C=O) groups excluding carboxylic acids is 1. The summed E-state index contributed by atoms with van der Waals surface area (Å²) in [5, 5.41) is 9.32. The second kappa shape index (κ2) is 5.34. The number of amides is 1. The zero-order valence-electron chi connectivity index (χ0n) is 10.8. The molecule has 0 spiro atoms. The summed E-state index contributed by atoms with van der Waals surface area (Å²) in [7, 11) is 1.58. The van der Waals surface area contributed by atoms with Crippen molar-refractivity contribution < 1.29 is 19.4 Å². The van der Waals surface area contributed by atoms with Crippen molar-refractivity contribution in [2.24, 2.45) is 0 Å². The predicted molar refractivity (Wildman–Crippen MR) is 66.8 cm³/mol. The summed E-state index contributed by atoms with van der Waals surface area (Å²) in [6.07, 6.45) is 0.820. The number of ether oxygens (including phenoxy) is 1. The van der Waals surface area contributed by atoms with Gasteiger partial charge in [-0.1, -0.05) is 0 Å². The first-order chi connectivity index (χ1) is 8.19. The lowest BCUT2D eigenvalue weighted by molar-refractivity contribution is 0.0285. The second-order valence-corrected chi connectivity index (χ2v) is 5.88. The number of carboxylic acid groups (broad SMARTS) is 1. The fourth-order valence-corrected chi connectivity index (χ4v) is 1.90. The van der Waals surface area contributed by atoms with Gasteiger partial charge in [-0.15, -0.1) is 11.3 Å². The lowest BCUT2D eigenvalue weighted by Crippen LogP contribution is -2.33. The summed E-state index contributed by atoms with van der Waals surface area (Å²) in [6.45, 7) is 5.58. The minimum Gasteiger partial charge on any atom is -0.477 e. The van der Waals surface area contributed by atoms with Gasteiger partial charge in [-0.2, -0.15) is 0 Å². The molecule has 1 aromatic heterocycles. The van der Waals surface area contributed by atoms with Gasteiger partial charge in [-0.05, 0) is 20.8 Å². The summed E-state index contributed by atoms with van der Waals surface area (Å²) in [4.78, 5) is 27.8. The standard InChI is InChI=1S/C11H16N2O4S/c1-11(2,3)17-10(16)13(4)6-8-12-5-7(18-8)9(14)15/h5H,6H2,1-4H3,(H,14,15). The molecule has 0 radical (unpaired) electrons. The van der Waals surface area contributed by atoms with Crippen molar-refractivity contribution in [1.82, 2.24) is 9.88 Å². The minimum absolute atomic E-state index is 0.155. The van der Waals surface area contributed by atoms with Crippen molar-refractivity contribution in [3.05, 3.63) is 16.1 Å². The third-order valence-corrected chi connectivity index (χ3v) is 2.81. The molecule has 0 aromatic carbocycles. The average molecular weight is 272 g/mol. The van der Waals surface area contributed by atoms with E-state index >= 15 is 0 Å². The minimum atomic E-state index is -1.02. The Morgan fingerprint density at radius 1 is 1.50 bits per heavy atom. The molecule has 18 heavy (non-hydrogen) atoms. The van der Waals surface area contributed by atoms with E-state index in [1.165, 1.54) is 11.1 Å². The van der Waals surface area contributed by atoms with Crippen molar-refractivity contribution in [2.75, 3.05) is 7.05 Å². The van der Waals surface area contributed by atoms with Crippen LogP contribution in [0.4, 0.5) is 4.79 Å². The van der Waals surface area contributed by atoms with Crippen LogP contribution in [0.3, 0.4) is 0 Å². The van der Waals surface area contributed by atoms with Crippen LogP contribution in [-0.2, 0) is 11.3 Å². The van der Waals surface area contributed by atoms with Crippen LogP contribution in [0.1, 0.15) is 35.5 Å². The predicted octanol–water partition coefficient (Wildman–Crippen LogP) is 2.21. The normalized spacial score (nSPS) is 11.1. The Balaban J connectivity index is 2.61. The summed E-state index contributed by atoms with van der Waals surface area (Å²) in [6, 6.07) is 0. The highest BCUT2D eigenvalue weighted by molar-refractivity contribution is 7.13. The topological polar surface area (TPSA) is 79.7 Å². The molecular formula is C11H16N2O4S. The van der Waals surface area contributed by atoms with Crippen molar-refractivity contribution in [2.45, 2.75) is 32.9 Å². The third-order valence-electron chi connectivity index (χ3n) is 1.84. The molecule has 1 amide bonds. The monoisotopic (exact) mass is 272 g/mol. The number of rotatable bonds is 3. The Kier molecular flexibility index (Phi) is 4.28. The molecule has 1 heterocycles. The van der Waals surface area contributed by atoms with Crippen LogP contribution in [0.15, 0.2) is 6.20 Å². The van der Waals surface area contributed by atoms with Gasteiger partial charge < -0.3 is 14.7 Å². The van der Waals surface area contributed by atoms with E-state index in [1.54, 1.807) is 27.8 Å². The lowest BCUT2D eigenvalue weighted by atomic mass is 10.2. The van der Waals surface area contributed by atoms with Crippen LogP contribution in [0.2, 0.25) is 0 Å². The van der Waals surface area contributed by atoms with Gasteiger partial charge in [-0.25, -0.2) is 14.6 Å². The molecule has 0 fully saturated rings. The smallest absolute Gasteiger partial charge is 0.410 e. The van der Waals surface area contributed by atoms with E-state index < -0.39 is 17.7 Å². The molecule has 1 rings (SSSR count). The first kappa shape index (κ1) is 14.4. The highest BCUT2D eigenvalue weighted by atomic mass is 32.1. The van der Waals surface area contributed by atoms with E-state index in [-0.39, 0.29) is 11.4 Å². The number of aromatic carboxylic acids is 1. The molecule has 0 aliphatic heterocycles. The summed E-state index contributed by atoms with van der Waals surface area (Å²) in [5.41, 5.74) is -0.555. The van der Waals surface area contributed by atoms with E-state index in [0.717, 1.165) is 11.3 Å². The van der Waals surface area contributed by atoms with Crippen LogP contribution in [0, 0.1) is 0 Å². The van der Waals surface area contributed by atoms with Crippen molar-refractivity contribution in [3.8, 4) is 0 Å². The molecule has 7 heteroatoms. The second-order valence-electron chi connectivity index (χ2n) is 4.76. The van der Waals surface area contributed by atoms with Gasteiger partial charge in [0.15, 0.2) is 0 Å². The van der Waals surface area contributed by atoms with Crippen LogP contribution >= 0.6 is 11.3 Å². The molecular weight excluding hydrogens is 256 g/mol. The van der Waals surface area contributed by atoms with Gasteiger partial charge in [0, 0.05) is 7.05 Å². The van der Waals surface area contributed by atoms with Gasteiger partial charge in [0.25, 0.3) is 0 Å². The average Bonchev–Trinajstić information content (AvgIpc) is 2.63. The van der Waals surface area contributed by atoms with Gasteiger partial charge in [0.05, 0.1) is 12.7 Å². The fourth-order valence-electron chi connectivity index (χ4n) is 1.09. The Labute approximate surface area is 109 Å². The number of aromatic nitrogens is 1.